The second-order valence-corrected chi connectivity index (χ2v) is 8.30. The molecular formula is C22H34N8O8. The van der Waals surface area contributed by atoms with Crippen LogP contribution in [0.2, 0.25) is 0 Å². The molecule has 1 aromatic rings. The number of carboxylic acid groups (broad SMARTS) is 1. The SMILES string of the molecule is NC(=O)CC(NC(=O)C(Cc1ccc(O)cc1)NC(=O)C(N)CO)C(=O)NC(CCCN=C(N)N)C(=O)O. The largest absolute Gasteiger partial charge is 0.508 e. The molecule has 4 atom stereocenters. The predicted molar refractivity (Wildman–Crippen MR) is 134 cm³/mol. The molecule has 16 heteroatoms. The summed E-state index contributed by atoms with van der Waals surface area (Å²) >= 11 is 0. The predicted octanol–water partition coefficient (Wildman–Crippen LogP) is -4.28. The Kier molecular flexibility index (Phi) is 13.0. The smallest absolute Gasteiger partial charge is 0.326 e. The molecule has 14 N–H and O–H groups in total. The second-order valence-electron chi connectivity index (χ2n) is 8.30. The van der Waals surface area contributed by atoms with E-state index in [4.69, 9.17) is 28.0 Å². The van der Waals surface area contributed by atoms with Crippen LogP contribution in [0.15, 0.2) is 29.3 Å². The van der Waals surface area contributed by atoms with E-state index in [2.05, 4.69) is 20.9 Å². The van der Waals surface area contributed by atoms with Crippen molar-refractivity contribution in [1.82, 2.24) is 16.0 Å². The van der Waals surface area contributed by atoms with Crippen LogP contribution >= 0.6 is 0 Å². The fourth-order valence-electron chi connectivity index (χ4n) is 3.15. The molecule has 1 rings (SSSR count). The Morgan fingerprint density at radius 2 is 1.42 bits per heavy atom. The molecule has 16 nitrogen and oxygen atoms in total. The van der Waals surface area contributed by atoms with E-state index in [0.29, 0.717) is 5.56 Å². The number of aliphatic hydroxyl groups is 1. The first kappa shape index (κ1) is 31.6. The molecule has 0 radical (unpaired) electrons. The number of aliphatic hydroxyl groups excluding tert-OH is 1. The number of amides is 4. The number of hydrogen-bond donors (Lipinski definition) is 10. The lowest BCUT2D eigenvalue weighted by Crippen LogP contribution is -2.58. The van der Waals surface area contributed by atoms with Crippen molar-refractivity contribution in [2.24, 2.45) is 27.9 Å². The number of guanidine groups is 1. The van der Waals surface area contributed by atoms with Crippen LogP contribution in [-0.4, -0.2) is 88.2 Å². The Bertz CT molecular complexity index is 1010. The van der Waals surface area contributed by atoms with Gasteiger partial charge in [-0.3, -0.25) is 24.2 Å². The van der Waals surface area contributed by atoms with E-state index >= 15 is 0 Å². The van der Waals surface area contributed by atoms with Gasteiger partial charge in [-0.25, -0.2) is 4.79 Å². The van der Waals surface area contributed by atoms with Gasteiger partial charge in [0.05, 0.1) is 13.0 Å². The van der Waals surface area contributed by atoms with Crippen LogP contribution in [0.1, 0.15) is 24.8 Å². The standard InChI is InChI=1S/C22H34N8O8/c23-13(10-31)18(34)29-15(8-11-3-5-12(32)6-4-11)19(35)30-16(9-17(24)33)20(36)28-14(21(37)38)2-1-7-27-22(25)26/h3-6,13-16,31-32H,1-2,7-10,23H2,(H2,24,33)(H,28,36)(H,29,34)(H,30,35)(H,37,38)(H4,25,26,27). The quantitative estimate of drug-likeness (QED) is 0.0545. The van der Waals surface area contributed by atoms with Gasteiger partial charge in [-0.1, -0.05) is 12.1 Å². The molecule has 0 fully saturated rings. The van der Waals surface area contributed by atoms with E-state index in [1.54, 1.807) is 0 Å². The number of phenolic OH excluding ortho intramolecular Hbond substituents is 1. The van der Waals surface area contributed by atoms with E-state index in [-0.39, 0.29) is 37.5 Å². The molecular weight excluding hydrogens is 504 g/mol. The third kappa shape index (κ3) is 11.5. The molecule has 4 amide bonds. The number of carbonyl (C=O) groups excluding carboxylic acids is 4. The fraction of sp³-hybridized carbons (Fsp3) is 0.455. The summed E-state index contributed by atoms with van der Waals surface area (Å²) in [4.78, 5) is 65.1. The summed E-state index contributed by atoms with van der Waals surface area (Å²) in [6, 6.07) is 0.0435. The molecule has 0 aromatic heterocycles. The number of aliphatic carboxylic acids is 1. The monoisotopic (exact) mass is 538 g/mol. The first-order valence-corrected chi connectivity index (χ1v) is 11.5. The maximum absolute atomic E-state index is 13.1. The van der Waals surface area contributed by atoms with E-state index in [0.717, 1.165) is 0 Å². The van der Waals surface area contributed by atoms with Crippen LogP contribution in [0, 0.1) is 0 Å². The van der Waals surface area contributed by atoms with Crippen LogP contribution in [0.4, 0.5) is 0 Å². The van der Waals surface area contributed by atoms with Gasteiger partial charge in [0.2, 0.25) is 23.6 Å². The summed E-state index contributed by atoms with van der Waals surface area (Å²) < 4.78 is 0. The zero-order valence-electron chi connectivity index (χ0n) is 20.5. The number of nitrogens with two attached hydrogens (primary N) is 4. The lowest BCUT2D eigenvalue weighted by atomic mass is 10.0. The summed E-state index contributed by atoms with van der Waals surface area (Å²) in [5.74, 6) is -5.35. The van der Waals surface area contributed by atoms with E-state index in [9.17, 15) is 34.2 Å². The highest BCUT2D eigenvalue weighted by atomic mass is 16.4. The second kappa shape index (κ2) is 15.6. The van der Waals surface area contributed by atoms with E-state index < -0.39 is 66.8 Å². The Morgan fingerprint density at radius 1 is 0.868 bits per heavy atom. The fourth-order valence-corrected chi connectivity index (χ4v) is 3.15. The topological polar surface area (TPSA) is 299 Å². The number of nitrogens with zero attached hydrogens (tertiary/aromatic N) is 1. The number of hydrogen-bond acceptors (Lipinski definition) is 9. The number of nitrogens with one attached hydrogen (secondary N) is 3. The summed E-state index contributed by atoms with van der Waals surface area (Å²) in [6.45, 7) is -0.593. The average Bonchev–Trinajstić information content (AvgIpc) is 2.84. The summed E-state index contributed by atoms with van der Waals surface area (Å²) in [5.41, 5.74) is 21.7. The minimum Gasteiger partial charge on any atom is -0.508 e. The molecule has 4 unspecified atom stereocenters. The Balaban J connectivity index is 3.06. The van der Waals surface area contributed by atoms with Crippen molar-refractivity contribution in [2.45, 2.75) is 49.9 Å². The van der Waals surface area contributed by atoms with Crippen molar-refractivity contribution < 1.29 is 39.3 Å². The highest BCUT2D eigenvalue weighted by Crippen LogP contribution is 2.12. The van der Waals surface area contributed by atoms with Gasteiger partial charge >= 0.3 is 5.97 Å². The van der Waals surface area contributed by atoms with Crippen LogP contribution in [-0.2, 0) is 30.4 Å². The molecule has 0 heterocycles. The molecule has 1 aromatic carbocycles. The molecule has 0 bridgehead atoms. The summed E-state index contributed by atoms with van der Waals surface area (Å²) in [5, 5.41) is 35.0. The third-order valence-corrected chi connectivity index (χ3v) is 5.14. The van der Waals surface area contributed by atoms with E-state index in [1.165, 1.54) is 24.3 Å². The molecule has 0 spiro atoms. The lowest BCUT2D eigenvalue weighted by Gasteiger charge is -2.24. The van der Waals surface area contributed by atoms with Crippen molar-refractivity contribution in [2.75, 3.05) is 13.2 Å². The minimum atomic E-state index is -1.58. The summed E-state index contributed by atoms with van der Waals surface area (Å²) in [6.07, 6.45) is -0.654. The Hall–Kier alpha value is -4.44. The van der Waals surface area contributed by atoms with Crippen LogP contribution in [0.5, 0.6) is 5.75 Å². The number of rotatable bonds is 16. The Morgan fingerprint density at radius 3 is 1.95 bits per heavy atom. The van der Waals surface area contributed by atoms with Gasteiger partial charge in [0.1, 0.15) is 29.9 Å². The maximum Gasteiger partial charge on any atom is 0.326 e. The zero-order valence-corrected chi connectivity index (χ0v) is 20.5. The van der Waals surface area contributed by atoms with Crippen molar-refractivity contribution >= 4 is 35.6 Å². The van der Waals surface area contributed by atoms with Gasteiger partial charge in [0, 0.05) is 13.0 Å². The molecule has 0 aliphatic rings. The molecule has 0 aliphatic heterocycles. The van der Waals surface area contributed by atoms with Crippen molar-refractivity contribution in [1.29, 1.82) is 0 Å². The molecule has 0 aliphatic carbocycles. The number of carbonyl (C=O) groups is 5. The molecule has 0 saturated carbocycles. The normalized spacial score (nSPS) is 13.7. The van der Waals surface area contributed by atoms with Crippen LogP contribution < -0.4 is 38.9 Å². The highest BCUT2D eigenvalue weighted by Gasteiger charge is 2.31. The Labute approximate surface area is 217 Å². The van der Waals surface area contributed by atoms with Crippen molar-refractivity contribution in [3.8, 4) is 5.75 Å². The summed E-state index contributed by atoms with van der Waals surface area (Å²) in [7, 11) is 0. The first-order chi connectivity index (χ1) is 17.8. The minimum absolute atomic E-state index is 0.0365. The van der Waals surface area contributed by atoms with Gasteiger partial charge in [-0.15, -0.1) is 0 Å². The molecule has 0 saturated heterocycles. The van der Waals surface area contributed by atoms with Crippen molar-refractivity contribution in [3.63, 3.8) is 0 Å². The number of carboxylic acids is 1. The van der Waals surface area contributed by atoms with Gasteiger partial charge in [-0.2, -0.15) is 0 Å². The van der Waals surface area contributed by atoms with Crippen molar-refractivity contribution in [3.05, 3.63) is 29.8 Å². The zero-order chi connectivity index (χ0) is 28.8. The van der Waals surface area contributed by atoms with Crippen LogP contribution in [0.25, 0.3) is 0 Å². The third-order valence-electron chi connectivity index (χ3n) is 5.14. The maximum atomic E-state index is 13.1. The van der Waals surface area contributed by atoms with Crippen LogP contribution in [0.3, 0.4) is 0 Å². The number of primary amides is 1. The number of aliphatic imine (C=N–C) groups is 1. The number of benzene rings is 1. The highest BCUT2D eigenvalue weighted by molar-refractivity contribution is 5.96. The molecule has 210 valence electrons. The average molecular weight is 539 g/mol. The molecule has 38 heavy (non-hydrogen) atoms. The van der Waals surface area contributed by atoms with Gasteiger partial charge in [0.25, 0.3) is 0 Å². The van der Waals surface area contributed by atoms with E-state index in [1.807, 2.05) is 0 Å². The number of phenols is 1. The van der Waals surface area contributed by atoms with Gasteiger partial charge in [-0.05, 0) is 30.5 Å². The van der Waals surface area contributed by atoms with Gasteiger partial charge in [0.15, 0.2) is 5.96 Å². The lowest BCUT2D eigenvalue weighted by molar-refractivity contribution is -0.142. The first-order valence-electron chi connectivity index (χ1n) is 11.5. The number of aromatic hydroxyl groups is 1. The van der Waals surface area contributed by atoms with Gasteiger partial charge < -0.3 is 54.2 Å².